The predicted molar refractivity (Wildman–Crippen MR) is 96.6 cm³/mol. The van der Waals surface area contributed by atoms with Gasteiger partial charge < -0.3 is 14.7 Å². The van der Waals surface area contributed by atoms with Crippen LogP contribution in [0.3, 0.4) is 0 Å². The van der Waals surface area contributed by atoms with Gasteiger partial charge in [-0.25, -0.2) is 9.69 Å². The van der Waals surface area contributed by atoms with Gasteiger partial charge in [0.25, 0.3) is 0 Å². The third-order valence-electron chi connectivity index (χ3n) is 4.09. The Labute approximate surface area is 148 Å². The molecule has 2 aliphatic heterocycles. The molecule has 0 radical (unpaired) electrons. The van der Waals surface area contributed by atoms with Crippen LogP contribution in [0.4, 0.5) is 4.79 Å². The van der Waals surface area contributed by atoms with Gasteiger partial charge in [0.1, 0.15) is 17.2 Å². The van der Waals surface area contributed by atoms with E-state index in [-0.39, 0.29) is 5.76 Å². The van der Waals surface area contributed by atoms with Crippen LogP contribution < -0.4 is 0 Å². The number of aliphatic hydroxyl groups excluding tert-OH is 1. The van der Waals surface area contributed by atoms with E-state index in [1.807, 2.05) is 26.8 Å². The summed E-state index contributed by atoms with van der Waals surface area (Å²) < 4.78 is 5.52. The van der Waals surface area contributed by atoms with Gasteiger partial charge in [-0.05, 0) is 56.5 Å². The van der Waals surface area contributed by atoms with E-state index >= 15 is 0 Å². The van der Waals surface area contributed by atoms with Gasteiger partial charge in [0.15, 0.2) is 0 Å². The fraction of sp³-hybridized carbons (Fsp3) is 0.350. The Morgan fingerprint density at radius 1 is 1.16 bits per heavy atom. The van der Waals surface area contributed by atoms with Crippen molar-refractivity contribution in [3.8, 4) is 0 Å². The van der Waals surface area contributed by atoms with Gasteiger partial charge in [0.05, 0.1) is 0 Å². The van der Waals surface area contributed by atoms with Gasteiger partial charge in [-0.2, -0.15) is 0 Å². The van der Waals surface area contributed by atoms with E-state index in [0.717, 1.165) is 13.0 Å². The van der Waals surface area contributed by atoms with E-state index in [0.29, 0.717) is 12.4 Å². The molecule has 5 heteroatoms. The number of allylic oxidation sites excluding steroid dienone is 3. The second-order valence-corrected chi connectivity index (χ2v) is 7.22. The lowest BCUT2D eigenvalue weighted by atomic mass is 10.00. The highest BCUT2D eigenvalue weighted by Gasteiger charge is 2.28. The Balaban J connectivity index is 1.88. The summed E-state index contributed by atoms with van der Waals surface area (Å²) in [5.74, 6) is 0.796. The number of carbonyl (C=O) groups is 1. The Kier molecular flexibility index (Phi) is 4.57. The van der Waals surface area contributed by atoms with Crippen LogP contribution in [0.1, 0.15) is 31.9 Å². The summed E-state index contributed by atoms with van der Waals surface area (Å²) in [6.45, 7) is 7.02. The topological polar surface area (TPSA) is 53.0 Å². The Bertz CT molecular complexity index is 756. The molecule has 0 bridgehead atoms. The Morgan fingerprint density at radius 2 is 1.88 bits per heavy atom. The zero-order chi connectivity index (χ0) is 18.0. The highest BCUT2D eigenvalue weighted by Crippen LogP contribution is 2.26. The number of benzene rings is 1. The number of aliphatic hydroxyl groups is 1. The van der Waals surface area contributed by atoms with E-state index in [4.69, 9.17) is 4.74 Å². The quantitative estimate of drug-likeness (QED) is 0.836. The standard InChI is InChI=1S/C20H24N2O3/c1-20(2,3)25-19(24)22-13-11-17(23)8-9-18(22)21-12-10-15-6-4-5-7-16(15)14-21/h4-9,11,13,23H,10,12,14H2,1-3H3. The number of nitrogens with zero attached hydrogens (tertiary/aromatic N) is 2. The van der Waals surface area contributed by atoms with E-state index in [2.05, 4.69) is 23.1 Å². The lowest BCUT2D eigenvalue weighted by Crippen LogP contribution is -2.41. The molecule has 0 atom stereocenters. The van der Waals surface area contributed by atoms with Gasteiger partial charge in [0.2, 0.25) is 0 Å². The van der Waals surface area contributed by atoms with Crippen molar-refractivity contribution in [1.82, 2.24) is 9.80 Å². The van der Waals surface area contributed by atoms with Crippen LogP contribution in [0, 0.1) is 0 Å². The van der Waals surface area contributed by atoms with Crippen LogP contribution in [-0.2, 0) is 17.7 Å². The van der Waals surface area contributed by atoms with E-state index < -0.39 is 11.7 Å². The molecule has 2 heterocycles. The number of fused-ring (bicyclic) bond motifs is 1. The molecule has 1 amide bonds. The van der Waals surface area contributed by atoms with Crippen LogP contribution in [0.2, 0.25) is 0 Å². The van der Waals surface area contributed by atoms with Gasteiger partial charge >= 0.3 is 6.09 Å². The van der Waals surface area contributed by atoms with Crippen LogP contribution in [-0.4, -0.2) is 33.1 Å². The molecule has 25 heavy (non-hydrogen) atoms. The first kappa shape index (κ1) is 17.1. The van der Waals surface area contributed by atoms with Gasteiger partial charge in [-0.3, -0.25) is 0 Å². The summed E-state index contributed by atoms with van der Waals surface area (Å²) in [6, 6.07) is 8.34. The fourth-order valence-electron chi connectivity index (χ4n) is 2.94. The average molecular weight is 340 g/mol. The Morgan fingerprint density at radius 3 is 2.60 bits per heavy atom. The summed E-state index contributed by atoms with van der Waals surface area (Å²) in [7, 11) is 0. The first-order chi connectivity index (χ1) is 11.8. The minimum atomic E-state index is -0.591. The molecule has 0 saturated heterocycles. The normalized spacial score (nSPS) is 17.4. The lowest BCUT2D eigenvalue weighted by molar-refractivity contribution is 0.0330. The van der Waals surface area contributed by atoms with E-state index in [1.54, 1.807) is 18.4 Å². The van der Waals surface area contributed by atoms with Crippen molar-refractivity contribution in [2.45, 2.75) is 39.3 Å². The molecule has 1 N–H and O–H groups in total. The van der Waals surface area contributed by atoms with Crippen LogP contribution in [0.25, 0.3) is 0 Å². The van der Waals surface area contributed by atoms with Crippen LogP contribution in [0.15, 0.2) is 60.3 Å². The number of amides is 1. The largest absolute Gasteiger partial charge is 0.508 e. The molecular weight excluding hydrogens is 316 g/mol. The van der Waals surface area contributed by atoms with Crippen molar-refractivity contribution < 1.29 is 14.6 Å². The third kappa shape index (κ3) is 4.05. The number of carbonyl (C=O) groups excluding carboxylic acids is 1. The lowest BCUT2D eigenvalue weighted by Gasteiger charge is -2.36. The van der Waals surface area contributed by atoms with E-state index in [9.17, 15) is 9.90 Å². The molecule has 1 aromatic carbocycles. The number of rotatable bonds is 1. The summed E-state index contributed by atoms with van der Waals surface area (Å²) in [5, 5.41) is 9.83. The highest BCUT2D eigenvalue weighted by molar-refractivity contribution is 5.72. The van der Waals surface area contributed by atoms with Gasteiger partial charge in [0, 0.05) is 19.3 Å². The van der Waals surface area contributed by atoms with Crippen molar-refractivity contribution in [1.29, 1.82) is 0 Å². The molecule has 3 rings (SSSR count). The zero-order valence-corrected chi connectivity index (χ0v) is 14.9. The molecule has 0 unspecified atom stereocenters. The summed E-state index contributed by atoms with van der Waals surface area (Å²) in [4.78, 5) is 16.2. The minimum Gasteiger partial charge on any atom is -0.508 e. The molecule has 1 aromatic rings. The molecule has 132 valence electrons. The first-order valence-corrected chi connectivity index (χ1v) is 8.46. The molecule has 0 saturated carbocycles. The van der Waals surface area contributed by atoms with Crippen molar-refractivity contribution in [2.24, 2.45) is 0 Å². The smallest absolute Gasteiger partial charge is 0.420 e. The summed E-state index contributed by atoms with van der Waals surface area (Å²) in [5.41, 5.74) is 2.00. The Hall–Kier alpha value is -2.69. The van der Waals surface area contributed by atoms with Gasteiger partial charge in [-0.15, -0.1) is 0 Å². The minimum absolute atomic E-state index is 0.0981. The summed E-state index contributed by atoms with van der Waals surface area (Å²) in [6.07, 6.45) is 6.85. The molecular formula is C20H24N2O3. The average Bonchev–Trinajstić information content (AvgIpc) is 2.75. The van der Waals surface area contributed by atoms with Crippen molar-refractivity contribution in [2.75, 3.05) is 6.54 Å². The maximum absolute atomic E-state index is 12.7. The van der Waals surface area contributed by atoms with Crippen molar-refractivity contribution >= 4 is 6.09 Å². The molecule has 0 fully saturated rings. The van der Waals surface area contributed by atoms with Crippen molar-refractivity contribution in [3.63, 3.8) is 0 Å². The second kappa shape index (κ2) is 6.67. The van der Waals surface area contributed by atoms with Gasteiger partial charge in [-0.1, -0.05) is 24.3 Å². The molecule has 5 nitrogen and oxygen atoms in total. The van der Waals surface area contributed by atoms with Crippen LogP contribution >= 0.6 is 0 Å². The van der Waals surface area contributed by atoms with E-state index in [1.165, 1.54) is 22.1 Å². The fourth-order valence-corrected chi connectivity index (χ4v) is 2.94. The second-order valence-electron chi connectivity index (χ2n) is 7.22. The maximum atomic E-state index is 12.7. The third-order valence-corrected chi connectivity index (χ3v) is 4.09. The molecule has 0 aromatic heterocycles. The predicted octanol–water partition coefficient (Wildman–Crippen LogP) is 4.09. The number of ether oxygens (including phenoxy) is 1. The molecule has 2 aliphatic rings. The SMILES string of the molecule is CC(C)(C)OC(=O)N1C=CC(O)=CC=C1N1CCc2ccccc2C1. The zero-order valence-electron chi connectivity index (χ0n) is 14.9. The highest BCUT2D eigenvalue weighted by atomic mass is 16.6. The van der Waals surface area contributed by atoms with Crippen LogP contribution in [0.5, 0.6) is 0 Å². The maximum Gasteiger partial charge on any atom is 0.420 e. The monoisotopic (exact) mass is 340 g/mol. The number of hydrogen-bond acceptors (Lipinski definition) is 4. The van der Waals surface area contributed by atoms with Crippen molar-refractivity contribution in [3.05, 3.63) is 71.4 Å². The number of hydrogen-bond donors (Lipinski definition) is 1. The first-order valence-electron chi connectivity index (χ1n) is 8.46. The molecule has 0 spiro atoms. The summed E-state index contributed by atoms with van der Waals surface area (Å²) >= 11 is 0. The molecule has 0 aliphatic carbocycles.